The lowest BCUT2D eigenvalue weighted by Gasteiger charge is -2.29. The molecule has 0 saturated carbocycles. The van der Waals surface area contributed by atoms with Crippen molar-refractivity contribution in [1.82, 2.24) is 14.9 Å². The zero-order chi connectivity index (χ0) is 18.6. The minimum atomic E-state index is -0.281. The van der Waals surface area contributed by atoms with E-state index in [1.54, 1.807) is 29.9 Å². The lowest BCUT2D eigenvalue weighted by molar-refractivity contribution is 0.0675. The third-order valence-corrected chi connectivity index (χ3v) is 5.81. The van der Waals surface area contributed by atoms with Crippen LogP contribution in [0.3, 0.4) is 0 Å². The first kappa shape index (κ1) is 17.8. The van der Waals surface area contributed by atoms with Crippen molar-refractivity contribution >= 4 is 17.2 Å². The van der Waals surface area contributed by atoms with E-state index in [1.165, 1.54) is 23.5 Å². The second kappa shape index (κ2) is 7.96. The number of thiazole rings is 1. The monoisotopic (exact) mass is 381 g/mol. The van der Waals surface area contributed by atoms with Gasteiger partial charge in [0.2, 0.25) is 0 Å². The molecule has 1 amide bonds. The van der Waals surface area contributed by atoms with E-state index < -0.39 is 0 Å². The molecule has 0 aliphatic carbocycles. The van der Waals surface area contributed by atoms with Gasteiger partial charge in [-0.1, -0.05) is 12.8 Å². The highest BCUT2D eigenvalue weighted by Gasteiger charge is 2.29. The molecule has 0 radical (unpaired) electrons. The number of carbonyl (C=O) groups is 1. The smallest absolute Gasteiger partial charge is 0.273 e. The number of pyridine rings is 1. The van der Waals surface area contributed by atoms with E-state index in [2.05, 4.69) is 9.97 Å². The lowest BCUT2D eigenvalue weighted by atomic mass is 10.0. The first-order valence-corrected chi connectivity index (χ1v) is 10.0. The Balaban J connectivity index is 1.61. The maximum Gasteiger partial charge on any atom is 0.273 e. The average molecular weight is 381 g/mol. The van der Waals surface area contributed by atoms with Crippen LogP contribution in [0.2, 0.25) is 0 Å². The van der Waals surface area contributed by atoms with Gasteiger partial charge < -0.3 is 4.90 Å². The Morgan fingerprint density at radius 3 is 2.63 bits per heavy atom. The molecule has 1 unspecified atom stereocenters. The lowest BCUT2D eigenvalue weighted by Crippen LogP contribution is -2.35. The average Bonchev–Trinajstić information content (AvgIpc) is 3.06. The summed E-state index contributed by atoms with van der Waals surface area (Å²) < 4.78 is 13.1. The van der Waals surface area contributed by atoms with Crippen molar-refractivity contribution in [3.8, 4) is 10.6 Å². The molecule has 3 aromatic rings. The van der Waals surface area contributed by atoms with Gasteiger partial charge in [-0.05, 0) is 54.8 Å². The number of carbonyl (C=O) groups excluding carboxylic acids is 1. The second-order valence-electron chi connectivity index (χ2n) is 6.69. The van der Waals surface area contributed by atoms with Crippen LogP contribution in [-0.4, -0.2) is 27.3 Å². The van der Waals surface area contributed by atoms with E-state index >= 15 is 0 Å². The Morgan fingerprint density at radius 1 is 1.07 bits per heavy atom. The zero-order valence-corrected chi connectivity index (χ0v) is 15.7. The molecule has 1 aliphatic rings. The van der Waals surface area contributed by atoms with Crippen LogP contribution in [0.25, 0.3) is 10.6 Å². The van der Waals surface area contributed by atoms with Gasteiger partial charge in [-0.2, -0.15) is 0 Å². The van der Waals surface area contributed by atoms with E-state index in [1.807, 2.05) is 17.0 Å². The molecule has 4 rings (SSSR count). The molecule has 6 heteroatoms. The fourth-order valence-electron chi connectivity index (χ4n) is 3.53. The molecular weight excluding hydrogens is 361 g/mol. The number of likely N-dealkylation sites (tertiary alicyclic amines) is 1. The maximum absolute atomic E-state index is 13.2. The van der Waals surface area contributed by atoms with Crippen molar-refractivity contribution in [2.75, 3.05) is 6.54 Å². The number of aromatic nitrogens is 2. The molecule has 3 heterocycles. The highest BCUT2D eigenvalue weighted by molar-refractivity contribution is 7.13. The summed E-state index contributed by atoms with van der Waals surface area (Å²) in [6.45, 7) is 0.731. The number of rotatable bonds is 3. The topological polar surface area (TPSA) is 46.1 Å². The van der Waals surface area contributed by atoms with Crippen molar-refractivity contribution in [2.24, 2.45) is 0 Å². The molecule has 1 atom stereocenters. The van der Waals surface area contributed by atoms with Crippen LogP contribution >= 0.6 is 11.3 Å². The first-order valence-electron chi connectivity index (χ1n) is 9.15. The van der Waals surface area contributed by atoms with Gasteiger partial charge in [-0.15, -0.1) is 11.3 Å². The SMILES string of the molecule is O=C(c1csc(-c2ccc(F)cc2)n1)N1CCCCCC1c1ccncc1. The van der Waals surface area contributed by atoms with Crippen LogP contribution in [0.5, 0.6) is 0 Å². The number of hydrogen-bond donors (Lipinski definition) is 0. The summed E-state index contributed by atoms with van der Waals surface area (Å²) in [5.74, 6) is -0.320. The van der Waals surface area contributed by atoms with Crippen LogP contribution in [0, 0.1) is 5.82 Å². The highest BCUT2D eigenvalue weighted by Crippen LogP contribution is 2.32. The minimum absolute atomic E-state index is 0.0386. The Labute approximate surface area is 161 Å². The number of halogens is 1. The normalized spacial score (nSPS) is 17.5. The molecule has 1 aromatic carbocycles. The third kappa shape index (κ3) is 3.90. The molecule has 2 aromatic heterocycles. The number of nitrogens with zero attached hydrogens (tertiary/aromatic N) is 3. The van der Waals surface area contributed by atoms with Crippen LogP contribution in [0.1, 0.15) is 47.8 Å². The summed E-state index contributed by atoms with van der Waals surface area (Å²) in [5, 5.41) is 2.53. The predicted octanol–water partition coefficient (Wildman–Crippen LogP) is 5.10. The van der Waals surface area contributed by atoms with E-state index in [-0.39, 0.29) is 17.8 Å². The van der Waals surface area contributed by atoms with E-state index in [0.29, 0.717) is 5.69 Å². The molecule has 0 N–H and O–H groups in total. The van der Waals surface area contributed by atoms with Crippen molar-refractivity contribution < 1.29 is 9.18 Å². The summed E-state index contributed by atoms with van der Waals surface area (Å²) in [4.78, 5) is 23.8. The van der Waals surface area contributed by atoms with E-state index in [0.717, 1.165) is 48.4 Å². The zero-order valence-electron chi connectivity index (χ0n) is 14.8. The highest BCUT2D eigenvalue weighted by atomic mass is 32.1. The van der Waals surface area contributed by atoms with Crippen molar-refractivity contribution in [2.45, 2.75) is 31.7 Å². The molecule has 1 aliphatic heterocycles. The summed E-state index contributed by atoms with van der Waals surface area (Å²) in [6, 6.07) is 10.2. The van der Waals surface area contributed by atoms with Gasteiger partial charge >= 0.3 is 0 Å². The maximum atomic E-state index is 13.2. The second-order valence-corrected chi connectivity index (χ2v) is 7.55. The van der Waals surface area contributed by atoms with Gasteiger partial charge in [0.1, 0.15) is 16.5 Å². The predicted molar refractivity (Wildman–Crippen MR) is 104 cm³/mol. The molecule has 0 bridgehead atoms. The van der Waals surface area contributed by atoms with Gasteiger partial charge in [-0.3, -0.25) is 9.78 Å². The van der Waals surface area contributed by atoms with Gasteiger partial charge in [-0.25, -0.2) is 9.37 Å². The first-order chi connectivity index (χ1) is 13.2. The van der Waals surface area contributed by atoms with E-state index in [4.69, 9.17) is 0 Å². The van der Waals surface area contributed by atoms with Gasteiger partial charge in [0, 0.05) is 29.9 Å². The molecular formula is C21H20FN3OS. The van der Waals surface area contributed by atoms with Crippen LogP contribution < -0.4 is 0 Å². The van der Waals surface area contributed by atoms with Crippen LogP contribution in [0.4, 0.5) is 4.39 Å². The number of amides is 1. The quantitative estimate of drug-likeness (QED) is 0.634. The fraction of sp³-hybridized carbons (Fsp3) is 0.286. The van der Waals surface area contributed by atoms with Crippen molar-refractivity contribution in [1.29, 1.82) is 0 Å². The fourth-order valence-corrected chi connectivity index (χ4v) is 4.33. The molecule has 138 valence electrons. The van der Waals surface area contributed by atoms with Crippen molar-refractivity contribution in [3.05, 3.63) is 71.2 Å². The van der Waals surface area contributed by atoms with Gasteiger partial charge in [0.15, 0.2) is 0 Å². The number of benzene rings is 1. The van der Waals surface area contributed by atoms with Crippen molar-refractivity contribution in [3.63, 3.8) is 0 Å². The summed E-state index contributed by atoms with van der Waals surface area (Å²) in [6.07, 6.45) is 7.74. The Kier molecular flexibility index (Phi) is 5.25. The Bertz CT molecular complexity index is 911. The van der Waals surface area contributed by atoms with E-state index in [9.17, 15) is 9.18 Å². The molecule has 1 saturated heterocycles. The Morgan fingerprint density at radius 2 is 1.85 bits per heavy atom. The summed E-state index contributed by atoms with van der Waals surface area (Å²) in [5.41, 5.74) is 2.40. The van der Waals surface area contributed by atoms with Crippen LogP contribution in [0.15, 0.2) is 54.2 Å². The molecule has 1 fully saturated rings. The minimum Gasteiger partial charge on any atom is -0.330 e. The summed E-state index contributed by atoms with van der Waals surface area (Å²) in [7, 11) is 0. The molecule has 4 nitrogen and oxygen atoms in total. The molecule has 0 spiro atoms. The van der Waals surface area contributed by atoms with Gasteiger partial charge in [0.25, 0.3) is 5.91 Å². The summed E-state index contributed by atoms with van der Waals surface area (Å²) >= 11 is 1.41. The van der Waals surface area contributed by atoms with Crippen LogP contribution in [-0.2, 0) is 0 Å². The molecule has 27 heavy (non-hydrogen) atoms. The Hall–Kier alpha value is -2.60. The third-order valence-electron chi connectivity index (χ3n) is 4.92. The largest absolute Gasteiger partial charge is 0.330 e. The number of hydrogen-bond acceptors (Lipinski definition) is 4. The van der Waals surface area contributed by atoms with Gasteiger partial charge in [0.05, 0.1) is 6.04 Å². The standard InChI is InChI=1S/C21H20FN3OS/c22-17-7-5-16(6-8-17)20-24-18(14-27-20)21(26)25-13-3-1-2-4-19(25)15-9-11-23-12-10-15/h5-12,14,19H,1-4,13H2.